The fourth-order valence-electron chi connectivity index (χ4n) is 0.953. The molecule has 5 heteroatoms. The number of hydrogen-bond acceptors (Lipinski definition) is 2. The lowest BCUT2D eigenvalue weighted by Crippen LogP contribution is -2.28. The van der Waals surface area contributed by atoms with Crippen LogP contribution in [-0.2, 0) is 4.79 Å². The van der Waals surface area contributed by atoms with Crippen LogP contribution >= 0.6 is 15.9 Å². The molecule has 0 aliphatic rings. The van der Waals surface area contributed by atoms with Crippen molar-refractivity contribution in [2.45, 2.75) is 0 Å². The van der Waals surface area contributed by atoms with E-state index in [-0.39, 0.29) is 12.5 Å². The lowest BCUT2D eigenvalue weighted by atomic mass is 10.3. The van der Waals surface area contributed by atoms with Crippen molar-refractivity contribution in [2.24, 2.45) is 0 Å². The number of ether oxygens (including phenoxy) is 1. The van der Waals surface area contributed by atoms with Crippen molar-refractivity contribution in [3.8, 4) is 5.75 Å². The van der Waals surface area contributed by atoms with Crippen LogP contribution in [-0.4, -0.2) is 19.1 Å². The van der Waals surface area contributed by atoms with Gasteiger partial charge in [0.2, 0.25) is 0 Å². The smallest absolute Gasteiger partial charge is 0.258 e. The molecule has 0 spiro atoms. The van der Waals surface area contributed by atoms with Crippen molar-refractivity contribution in [3.05, 3.63) is 41.1 Å². The molecule has 0 atom stereocenters. The third-order valence-corrected chi connectivity index (χ3v) is 2.35. The molecule has 0 heterocycles. The molecule has 0 fully saturated rings. The first-order chi connectivity index (χ1) is 7.63. The Bertz CT molecular complexity index is 396. The summed E-state index contributed by atoms with van der Waals surface area (Å²) in [6.45, 7) is 3.70. The maximum atomic E-state index is 13.1. The summed E-state index contributed by atoms with van der Waals surface area (Å²) in [7, 11) is 0. The quantitative estimate of drug-likeness (QED) is 0.844. The van der Waals surface area contributed by atoms with Gasteiger partial charge in [0.15, 0.2) is 6.61 Å². The molecule has 1 aromatic carbocycles. The molecule has 1 amide bonds. The van der Waals surface area contributed by atoms with Gasteiger partial charge in [0, 0.05) is 12.6 Å². The summed E-state index contributed by atoms with van der Waals surface area (Å²) < 4.78 is 18.5. The zero-order valence-corrected chi connectivity index (χ0v) is 10.1. The first kappa shape index (κ1) is 12.7. The second-order valence-electron chi connectivity index (χ2n) is 2.96. The Kier molecular flexibility index (Phi) is 4.98. The van der Waals surface area contributed by atoms with Crippen molar-refractivity contribution >= 4 is 21.8 Å². The van der Waals surface area contributed by atoms with Crippen LogP contribution in [0.25, 0.3) is 0 Å². The fourth-order valence-corrected chi connectivity index (χ4v) is 1.20. The third kappa shape index (κ3) is 4.02. The second-order valence-corrected chi connectivity index (χ2v) is 3.81. The Labute approximate surface area is 101 Å². The van der Waals surface area contributed by atoms with Gasteiger partial charge in [-0.15, -0.1) is 6.58 Å². The number of carbonyl (C=O) groups is 1. The molecule has 0 radical (unpaired) electrons. The van der Waals surface area contributed by atoms with E-state index in [1.165, 1.54) is 12.1 Å². The lowest BCUT2D eigenvalue weighted by Gasteiger charge is -2.06. The molecule has 16 heavy (non-hydrogen) atoms. The van der Waals surface area contributed by atoms with E-state index in [1.807, 2.05) is 0 Å². The zero-order valence-electron chi connectivity index (χ0n) is 8.50. The van der Waals surface area contributed by atoms with Gasteiger partial charge in [0.1, 0.15) is 11.6 Å². The summed E-state index contributed by atoms with van der Waals surface area (Å²) >= 11 is 3.02. The minimum absolute atomic E-state index is 0.144. The van der Waals surface area contributed by atoms with E-state index >= 15 is 0 Å². The Balaban J connectivity index is 2.45. The SMILES string of the molecule is C=CCNC(=O)COc1ccc(Br)c(F)c1. The van der Waals surface area contributed by atoms with Crippen molar-refractivity contribution < 1.29 is 13.9 Å². The van der Waals surface area contributed by atoms with E-state index in [1.54, 1.807) is 12.1 Å². The molecule has 3 nitrogen and oxygen atoms in total. The molecule has 0 unspecified atom stereocenters. The molecular weight excluding hydrogens is 277 g/mol. The zero-order chi connectivity index (χ0) is 12.0. The van der Waals surface area contributed by atoms with Crippen molar-refractivity contribution in [2.75, 3.05) is 13.2 Å². The summed E-state index contributed by atoms with van der Waals surface area (Å²) in [5, 5.41) is 2.54. The highest BCUT2D eigenvalue weighted by molar-refractivity contribution is 9.10. The van der Waals surface area contributed by atoms with Gasteiger partial charge in [0.05, 0.1) is 4.47 Å². The maximum Gasteiger partial charge on any atom is 0.258 e. The van der Waals surface area contributed by atoms with Crippen LogP contribution in [0.15, 0.2) is 35.3 Å². The van der Waals surface area contributed by atoms with Gasteiger partial charge in [-0.3, -0.25) is 4.79 Å². The highest BCUT2D eigenvalue weighted by Gasteiger charge is 2.04. The Morgan fingerprint density at radius 2 is 2.38 bits per heavy atom. The van der Waals surface area contributed by atoms with Crippen molar-refractivity contribution in [1.29, 1.82) is 0 Å². The first-order valence-electron chi connectivity index (χ1n) is 4.59. The lowest BCUT2D eigenvalue weighted by molar-refractivity contribution is -0.122. The highest BCUT2D eigenvalue weighted by atomic mass is 79.9. The van der Waals surface area contributed by atoms with Crippen LogP contribution in [0.3, 0.4) is 0 Å². The van der Waals surface area contributed by atoms with E-state index in [0.29, 0.717) is 16.8 Å². The standard InChI is InChI=1S/C11H11BrFNO2/c1-2-5-14-11(15)7-16-8-3-4-9(12)10(13)6-8/h2-4,6H,1,5,7H2,(H,14,15). The number of amides is 1. The second kappa shape index (κ2) is 6.27. The molecule has 0 saturated carbocycles. The van der Waals surface area contributed by atoms with E-state index in [2.05, 4.69) is 27.8 Å². The van der Waals surface area contributed by atoms with Gasteiger partial charge in [-0.25, -0.2) is 4.39 Å². The average Bonchev–Trinajstić information content (AvgIpc) is 2.28. The molecule has 1 rings (SSSR count). The monoisotopic (exact) mass is 287 g/mol. The molecule has 1 N–H and O–H groups in total. The summed E-state index contributed by atoms with van der Waals surface area (Å²) in [6, 6.07) is 4.31. The number of halogens is 2. The van der Waals surface area contributed by atoms with Gasteiger partial charge < -0.3 is 10.1 Å². The predicted molar refractivity (Wildman–Crippen MR) is 62.8 cm³/mol. The topological polar surface area (TPSA) is 38.3 Å². The minimum Gasteiger partial charge on any atom is -0.484 e. The summed E-state index contributed by atoms with van der Waals surface area (Å²) in [4.78, 5) is 11.1. The molecule has 0 saturated heterocycles. The average molecular weight is 288 g/mol. The van der Waals surface area contributed by atoms with E-state index in [9.17, 15) is 9.18 Å². The van der Waals surface area contributed by atoms with Crippen LogP contribution < -0.4 is 10.1 Å². The summed E-state index contributed by atoms with van der Waals surface area (Å²) in [5.41, 5.74) is 0. The van der Waals surface area contributed by atoms with E-state index in [0.717, 1.165) is 0 Å². The number of rotatable bonds is 5. The number of carbonyl (C=O) groups excluding carboxylic acids is 1. The van der Waals surface area contributed by atoms with E-state index < -0.39 is 5.82 Å². The van der Waals surface area contributed by atoms with Gasteiger partial charge in [0.25, 0.3) is 5.91 Å². The van der Waals surface area contributed by atoms with Crippen LogP contribution in [0, 0.1) is 5.82 Å². The molecule has 1 aromatic rings. The van der Waals surface area contributed by atoms with Crippen molar-refractivity contribution in [3.63, 3.8) is 0 Å². The van der Waals surface area contributed by atoms with Crippen LogP contribution in [0.5, 0.6) is 5.75 Å². The van der Waals surface area contributed by atoms with E-state index in [4.69, 9.17) is 4.74 Å². The van der Waals surface area contributed by atoms with Crippen LogP contribution in [0.2, 0.25) is 0 Å². The Morgan fingerprint density at radius 1 is 1.62 bits per heavy atom. The molecule has 86 valence electrons. The molecule has 0 aromatic heterocycles. The third-order valence-electron chi connectivity index (χ3n) is 1.70. The normalized spacial score (nSPS) is 9.62. The van der Waals surface area contributed by atoms with Gasteiger partial charge in [-0.1, -0.05) is 6.08 Å². The molecule has 0 aliphatic carbocycles. The Morgan fingerprint density at radius 3 is 3.00 bits per heavy atom. The fraction of sp³-hybridized carbons (Fsp3) is 0.182. The first-order valence-corrected chi connectivity index (χ1v) is 5.38. The number of hydrogen-bond donors (Lipinski definition) is 1. The number of benzene rings is 1. The largest absolute Gasteiger partial charge is 0.484 e. The van der Waals surface area contributed by atoms with Gasteiger partial charge in [-0.2, -0.15) is 0 Å². The Hall–Kier alpha value is -1.36. The van der Waals surface area contributed by atoms with Crippen LogP contribution in [0.1, 0.15) is 0 Å². The molecular formula is C11H11BrFNO2. The van der Waals surface area contributed by atoms with Crippen LogP contribution in [0.4, 0.5) is 4.39 Å². The summed E-state index contributed by atoms with van der Waals surface area (Å²) in [5.74, 6) is -0.387. The predicted octanol–water partition coefficient (Wildman–Crippen LogP) is 2.27. The maximum absolute atomic E-state index is 13.1. The summed E-state index contributed by atoms with van der Waals surface area (Å²) in [6.07, 6.45) is 1.57. The number of nitrogens with one attached hydrogen (secondary N) is 1. The highest BCUT2D eigenvalue weighted by Crippen LogP contribution is 2.20. The van der Waals surface area contributed by atoms with Gasteiger partial charge in [-0.05, 0) is 28.1 Å². The molecule has 0 bridgehead atoms. The molecule has 0 aliphatic heterocycles. The van der Waals surface area contributed by atoms with Gasteiger partial charge >= 0.3 is 0 Å². The van der Waals surface area contributed by atoms with Crippen molar-refractivity contribution in [1.82, 2.24) is 5.32 Å². The minimum atomic E-state index is -0.427.